The van der Waals surface area contributed by atoms with E-state index in [4.69, 9.17) is 9.47 Å². The van der Waals surface area contributed by atoms with Crippen molar-refractivity contribution >= 4 is 32.7 Å². The van der Waals surface area contributed by atoms with Gasteiger partial charge in [-0.25, -0.2) is 0 Å². The molecule has 2 heterocycles. The molecular formula is C20H19BrN2O3. The molecule has 1 amide bonds. The second-order valence-electron chi connectivity index (χ2n) is 6.38. The van der Waals surface area contributed by atoms with Gasteiger partial charge in [0.1, 0.15) is 13.2 Å². The molecule has 0 saturated carbocycles. The molecule has 3 aromatic rings. The van der Waals surface area contributed by atoms with E-state index in [2.05, 4.69) is 21.2 Å². The highest BCUT2D eigenvalue weighted by atomic mass is 79.9. The lowest BCUT2D eigenvalue weighted by Gasteiger charge is -2.22. The summed E-state index contributed by atoms with van der Waals surface area (Å²) in [5, 5.41) is 4.03. The molecule has 2 aromatic carbocycles. The van der Waals surface area contributed by atoms with Gasteiger partial charge in [-0.15, -0.1) is 0 Å². The number of nitrogens with one attached hydrogen (secondary N) is 1. The van der Waals surface area contributed by atoms with Gasteiger partial charge in [-0.05, 0) is 30.7 Å². The SMILES string of the molecule is CC(NC(=O)c1cn(C)c2ccccc12)c1cc2c(cc1Br)OCCO2. The minimum absolute atomic E-state index is 0.101. The second-order valence-corrected chi connectivity index (χ2v) is 7.24. The first-order valence-corrected chi connectivity index (χ1v) is 9.28. The highest BCUT2D eigenvalue weighted by molar-refractivity contribution is 9.10. The van der Waals surface area contributed by atoms with Crippen LogP contribution >= 0.6 is 15.9 Å². The number of para-hydroxylation sites is 1. The minimum atomic E-state index is -0.188. The molecule has 4 rings (SSSR count). The van der Waals surface area contributed by atoms with E-state index in [1.165, 1.54) is 0 Å². The minimum Gasteiger partial charge on any atom is -0.486 e. The third-order valence-corrected chi connectivity index (χ3v) is 5.30. The number of aromatic nitrogens is 1. The van der Waals surface area contributed by atoms with Gasteiger partial charge >= 0.3 is 0 Å². The van der Waals surface area contributed by atoms with Crippen molar-refractivity contribution in [2.75, 3.05) is 13.2 Å². The molecule has 0 saturated heterocycles. The molecule has 6 heteroatoms. The van der Waals surface area contributed by atoms with Crippen molar-refractivity contribution in [1.82, 2.24) is 9.88 Å². The van der Waals surface area contributed by atoms with E-state index in [1.807, 2.05) is 61.1 Å². The van der Waals surface area contributed by atoms with Crippen molar-refractivity contribution < 1.29 is 14.3 Å². The molecular weight excluding hydrogens is 396 g/mol. The number of fused-ring (bicyclic) bond motifs is 2. The number of amides is 1. The van der Waals surface area contributed by atoms with Gasteiger partial charge in [0.25, 0.3) is 5.91 Å². The summed E-state index contributed by atoms with van der Waals surface area (Å²) in [4.78, 5) is 12.9. The summed E-state index contributed by atoms with van der Waals surface area (Å²) in [6, 6.07) is 11.5. The van der Waals surface area contributed by atoms with Crippen LogP contribution in [0.25, 0.3) is 10.9 Å². The Bertz CT molecular complexity index is 996. The molecule has 5 nitrogen and oxygen atoms in total. The molecule has 0 radical (unpaired) electrons. The van der Waals surface area contributed by atoms with E-state index in [-0.39, 0.29) is 11.9 Å². The Morgan fingerprint density at radius 2 is 1.88 bits per heavy atom. The summed E-state index contributed by atoms with van der Waals surface area (Å²) in [5.41, 5.74) is 2.65. The third kappa shape index (κ3) is 2.94. The maximum atomic E-state index is 12.9. The lowest BCUT2D eigenvalue weighted by Crippen LogP contribution is -2.27. The van der Waals surface area contributed by atoms with Crippen LogP contribution in [0.2, 0.25) is 0 Å². The maximum absolute atomic E-state index is 12.9. The third-order valence-electron chi connectivity index (χ3n) is 4.62. The summed E-state index contributed by atoms with van der Waals surface area (Å²) >= 11 is 3.58. The van der Waals surface area contributed by atoms with Gasteiger partial charge in [0, 0.05) is 28.6 Å². The van der Waals surface area contributed by atoms with E-state index >= 15 is 0 Å². The lowest BCUT2D eigenvalue weighted by atomic mass is 10.1. The Morgan fingerprint density at radius 1 is 1.19 bits per heavy atom. The van der Waals surface area contributed by atoms with Crippen LogP contribution in [0.15, 0.2) is 47.1 Å². The summed E-state index contributed by atoms with van der Waals surface area (Å²) in [5.74, 6) is 1.33. The average molecular weight is 415 g/mol. The van der Waals surface area contributed by atoms with E-state index in [0.717, 1.165) is 26.7 Å². The van der Waals surface area contributed by atoms with Gasteiger partial charge < -0.3 is 19.4 Å². The summed E-state index contributed by atoms with van der Waals surface area (Å²) < 4.78 is 14.1. The Morgan fingerprint density at radius 3 is 2.65 bits per heavy atom. The fourth-order valence-corrected chi connectivity index (χ4v) is 3.95. The quantitative estimate of drug-likeness (QED) is 0.698. The van der Waals surface area contributed by atoms with Crippen LogP contribution in [0.3, 0.4) is 0 Å². The number of ether oxygens (including phenoxy) is 2. The molecule has 1 aromatic heterocycles. The number of hydrogen-bond acceptors (Lipinski definition) is 3. The standard InChI is InChI=1S/C20H19BrN2O3/c1-12(14-9-18-19(10-16(14)21)26-8-7-25-18)22-20(24)15-11-23(2)17-6-4-3-5-13(15)17/h3-6,9-12H,7-8H2,1-2H3,(H,22,24). The number of hydrogen-bond donors (Lipinski definition) is 1. The summed E-state index contributed by atoms with van der Waals surface area (Å²) in [6.45, 7) is 3.04. The zero-order valence-corrected chi connectivity index (χ0v) is 16.2. The molecule has 1 unspecified atom stereocenters. The van der Waals surface area contributed by atoms with Crippen molar-refractivity contribution in [2.24, 2.45) is 7.05 Å². The van der Waals surface area contributed by atoms with Crippen molar-refractivity contribution in [1.29, 1.82) is 0 Å². The van der Waals surface area contributed by atoms with Crippen molar-refractivity contribution in [3.05, 3.63) is 58.2 Å². The van der Waals surface area contributed by atoms with Gasteiger partial charge in [0.15, 0.2) is 11.5 Å². The number of aryl methyl sites for hydroxylation is 1. The van der Waals surface area contributed by atoms with E-state index in [0.29, 0.717) is 24.5 Å². The molecule has 0 fully saturated rings. The Hall–Kier alpha value is -2.47. The van der Waals surface area contributed by atoms with Crippen molar-refractivity contribution in [2.45, 2.75) is 13.0 Å². The molecule has 1 aliphatic heterocycles. The van der Waals surface area contributed by atoms with Crippen LogP contribution in [0, 0.1) is 0 Å². The number of halogens is 1. The molecule has 0 aliphatic carbocycles. The van der Waals surface area contributed by atoms with Crippen LogP contribution in [-0.2, 0) is 7.05 Å². The van der Waals surface area contributed by atoms with E-state index in [1.54, 1.807) is 0 Å². The Kier molecular flexibility index (Phi) is 4.36. The predicted octanol–water partition coefficient (Wildman–Crippen LogP) is 4.20. The van der Waals surface area contributed by atoms with E-state index in [9.17, 15) is 4.79 Å². The molecule has 0 bridgehead atoms. The number of carbonyl (C=O) groups excluding carboxylic acids is 1. The fourth-order valence-electron chi connectivity index (χ4n) is 3.29. The van der Waals surface area contributed by atoms with Crippen LogP contribution in [-0.4, -0.2) is 23.7 Å². The van der Waals surface area contributed by atoms with Gasteiger partial charge in [0.2, 0.25) is 0 Å². The topological polar surface area (TPSA) is 52.5 Å². The van der Waals surface area contributed by atoms with Gasteiger partial charge in [0.05, 0.1) is 11.6 Å². The van der Waals surface area contributed by atoms with Crippen LogP contribution < -0.4 is 14.8 Å². The number of rotatable bonds is 3. The van der Waals surface area contributed by atoms with Crippen molar-refractivity contribution in [3.63, 3.8) is 0 Å². The second kappa shape index (κ2) is 6.68. The van der Waals surface area contributed by atoms with Crippen LogP contribution in [0.4, 0.5) is 0 Å². The fraction of sp³-hybridized carbons (Fsp3) is 0.250. The molecule has 1 atom stereocenters. The first kappa shape index (κ1) is 17.0. The van der Waals surface area contributed by atoms with Crippen LogP contribution in [0.1, 0.15) is 28.9 Å². The first-order valence-electron chi connectivity index (χ1n) is 8.48. The molecule has 1 aliphatic rings. The zero-order valence-electron chi connectivity index (χ0n) is 14.6. The highest BCUT2D eigenvalue weighted by Gasteiger charge is 2.21. The normalized spacial score (nSPS) is 14.3. The highest BCUT2D eigenvalue weighted by Crippen LogP contribution is 2.38. The number of carbonyl (C=O) groups is 1. The average Bonchev–Trinajstić information content (AvgIpc) is 2.98. The predicted molar refractivity (Wildman–Crippen MR) is 104 cm³/mol. The van der Waals surface area contributed by atoms with E-state index < -0.39 is 0 Å². The monoisotopic (exact) mass is 414 g/mol. The smallest absolute Gasteiger partial charge is 0.253 e. The molecule has 134 valence electrons. The first-order chi connectivity index (χ1) is 12.5. The van der Waals surface area contributed by atoms with Gasteiger partial charge in [-0.3, -0.25) is 4.79 Å². The number of nitrogens with zero attached hydrogens (tertiary/aromatic N) is 1. The summed E-state index contributed by atoms with van der Waals surface area (Å²) in [7, 11) is 1.94. The van der Waals surface area contributed by atoms with Gasteiger partial charge in [-0.2, -0.15) is 0 Å². The molecule has 0 spiro atoms. The zero-order chi connectivity index (χ0) is 18.3. The number of benzene rings is 2. The largest absolute Gasteiger partial charge is 0.486 e. The lowest BCUT2D eigenvalue weighted by molar-refractivity contribution is 0.0941. The van der Waals surface area contributed by atoms with Crippen molar-refractivity contribution in [3.8, 4) is 11.5 Å². The Labute approximate surface area is 160 Å². The van der Waals surface area contributed by atoms with Gasteiger partial charge in [-0.1, -0.05) is 34.1 Å². The maximum Gasteiger partial charge on any atom is 0.253 e. The van der Waals surface area contributed by atoms with Crippen LogP contribution in [0.5, 0.6) is 11.5 Å². The summed E-state index contributed by atoms with van der Waals surface area (Å²) in [6.07, 6.45) is 1.87. The molecule has 1 N–H and O–H groups in total. The Balaban J connectivity index is 1.61. The molecule has 26 heavy (non-hydrogen) atoms.